The van der Waals surface area contributed by atoms with Crippen molar-refractivity contribution in [1.29, 1.82) is 0 Å². The van der Waals surface area contributed by atoms with E-state index in [0.29, 0.717) is 4.47 Å². The fourth-order valence-electron chi connectivity index (χ4n) is 0.895. The largest absolute Gasteiger partial charge is 0.478 e. The van der Waals surface area contributed by atoms with Gasteiger partial charge in [-0.15, -0.1) is 0 Å². The quantitative estimate of drug-likeness (QED) is 0.854. The molecule has 0 aromatic heterocycles. The maximum absolute atomic E-state index is 10.8. The summed E-state index contributed by atoms with van der Waals surface area (Å²) in [5.74, 6) is -1.20. The van der Waals surface area contributed by atoms with Crippen LogP contribution in [-0.4, -0.2) is 25.7 Å². The Labute approximate surface area is 94.9 Å². The van der Waals surface area contributed by atoms with Crippen LogP contribution < -0.4 is 4.18 Å². The average molecular weight is 295 g/mol. The number of aromatic carboxylic acids is 1. The SMILES string of the molecule is CS(=O)(=O)Oc1ccc(Br)c(C(=O)O)c1. The molecule has 0 fully saturated rings. The predicted molar refractivity (Wildman–Crippen MR) is 56.6 cm³/mol. The third-order valence-corrected chi connectivity index (χ3v) is 2.60. The Balaban J connectivity index is 3.14. The highest BCUT2D eigenvalue weighted by Gasteiger charge is 2.11. The first-order valence-electron chi connectivity index (χ1n) is 3.72. The van der Waals surface area contributed by atoms with E-state index in [2.05, 4.69) is 20.1 Å². The van der Waals surface area contributed by atoms with Crippen molar-refractivity contribution in [1.82, 2.24) is 0 Å². The number of hydrogen-bond acceptors (Lipinski definition) is 4. The van der Waals surface area contributed by atoms with Gasteiger partial charge >= 0.3 is 16.1 Å². The van der Waals surface area contributed by atoms with Crippen molar-refractivity contribution in [3.63, 3.8) is 0 Å². The lowest BCUT2D eigenvalue weighted by molar-refractivity contribution is 0.0695. The van der Waals surface area contributed by atoms with Crippen molar-refractivity contribution >= 4 is 32.0 Å². The van der Waals surface area contributed by atoms with Crippen LogP contribution in [0.5, 0.6) is 5.75 Å². The number of halogens is 1. The molecule has 1 aromatic carbocycles. The van der Waals surface area contributed by atoms with E-state index in [1.807, 2.05) is 0 Å². The molecule has 1 aromatic rings. The molecule has 0 aliphatic rings. The van der Waals surface area contributed by atoms with E-state index in [9.17, 15) is 13.2 Å². The highest BCUT2D eigenvalue weighted by atomic mass is 79.9. The van der Waals surface area contributed by atoms with Gasteiger partial charge in [0.2, 0.25) is 0 Å². The Hall–Kier alpha value is -1.08. The maximum atomic E-state index is 10.8. The Morgan fingerprint density at radius 2 is 2.07 bits per heavy atom. The number of hydrogen-bond donors (Lipinski definition) is 1. The van der Waals surface area contributed by atoms with Gasteiger partial charge in [-0.3, -0.25) is 0 Å². The summed E-state index contributed by atoms with van der Waals surface area (Å²) in [6.45, 7) is 0. The van der Waals surface area contributed by atoms with Crippen molar-refractivity contribution < 1.29 is 22.5 Å². The van der Waals surface area contributed by atoms with Crippen LogP contribution in [0.4, 0.5) is 0 Å². The molecular weight excluding hydrogens is 288 g/mol. The van der Waals surface area contributed by atoms with E-state index in [-0.39, 0.29) is 11.3 Å². The molecule has 0 spiro atoms. The normalized spacial score (nSPS) is 11.1. The zero-order valence-corrected chi connectivity index (χ0v) is 10.0. The second-order valence-electron chi connectivity index (χ2n) is 2.73. The first-order chi connectivity index (χ1) is 6.79. The molecule has 0 unspecified atom stereocenters. The zero-order valence-electron chi connectivity index (χ0n) is 7.60. The highest BCUT2D eigenvalue weighted by molar-refractivity contribution is 9.10. The molecule has 0 aliphatic heterocycles. The molecule has 0 saturated heterocycles. The fourth-order valence-corrected chi connectivity index (χ4v) is 1.76. The zero-order chi connectivity index (χ0) is 11.6. The van der Waals surface area contributed by atoms with Gasteiger partial charge in [-0.2, -0.15) is 8.42 Å². The van der Waals surface area contributed by atoms with Crippen molar-refractivity contribution in [2.75, 3.05) is 6.26 Å². The number of carboxylic acids is 1. The molecule has 0 amide bonds. The summed E-state index contributed by atoms with van der Waals surface area (Å²) in [5.41, 5.74) is -0.0591. The van der Waals surface area contributed by atoms with Gasteiger partial charge < -0.3 is 9.29 Å². The number of carbonyl (C=O) groups is 1. The first-order valence-corrected chi connectivity index (χ1v) is 6.33. The lowest BCUT2D eigenvalue weighted by Gasteiger charge is -2.04. The van der Waals surface area contributed by atoms with Gasteiger partial charge in [-0.05, 0) is 34.1 Å². The molecule has 0 aliphatic carbocycles. The van der Waals surface area contributed by atoms with Crippen molar-refractivity contribution in [3.8, 4) is 5.75 Å². The van der Waals surface area contributed by atoms with Crippen LogP contribution >= 0.6 is 15.9 Å². The van der Waals surface area contributed by atoms with Crippen LogP contribution in [0.15, 0.2) is 22.7 Å². The minimum Gasteiger partial charge on any atom is -0.478 e. The van der Waals surface area contributed by atoms with Gasteiger partial charge in [0.15, 0.2) is 0 Å². The summed E-state index contributed by atoms with van der Waals surface area (Å²) in [7, 11) is -3.64. The van der Waals surface area contributed by atoms with Gasteiger partial charge in [0.1, 0.15) is 5.75 Å². The average Bonchev–Trinajstić information content (AvgIpc) is 2.05. The predicted octanol–water partition coefficient (Wildman–Crippen LogP) is 1.49. The number of benzene rings is 1. The molecule has 0 bridgehead atoms. The summed E-state index contributed by atoms with van der Waals surface area (Å²) < 4.78 is 26.5. The van der Waals surface area contributed by atoms with Gasteiger partial charge in [0.05, 0.1) is 11.8 Å². The molecule has 7 heteroatoms. The summed E-state index contributed by atoms with van der Waals surface area (Å²) in [6.07, 6.45) is 0.884. The summed E-state index contributed by atoms with van der Waals surface area (Å²) in [4.78, 5) is 10.7. The van der Waals surface area contributed by atoms with E-state index in [1.165, 1.54) is 12.1 Å². The third-order valence-electron chi connectivity index (χ3n) is 1.42. The minimum atomic E-state index is -3.64. The molecule has 0 heterocycles. The van der Waals surface area contributed by atoms with Crippen LogP contribution in [0.3, 0.4) is 0 Å². The van der Waals surface area contributed by atoms with Crippen molar-refractivity contribution in [2.24, 2.45) is 0 Å². The lowest BCUT2D eigenvalue weighted by Crippen LogP contribution is -2.07. The topological polar surface area (TPSA) is 80.7 Å². The number of carboxylic acid groups (broad SMARTS) is 1. The van der Waals surface area contributed by atoms with Crippen LogP contribution in [0.2, 0.25) is 0 Å². The van der Waals surface area contributed by atoms with Crippen LogP contribution in [0.1, 0.15) is 10.4 Å². The van der Waals surface area contributed by atoms with Crippen LogP contribution in [0.25, 0.3) is 0 Å². The molecule has 0 radical (unpaired) electrons. The minimum absolute atomic E-state index is 0.0295. The van der Waals surface area contributed by atoms with Crippen LogP contribution in [0, 0.1) is 0 Å². The van der Waals surface area contributed by atoms with E-state index in [1.54, 1.807) is 0 Å². The van der Waals surface area contributed by atoms with Crippen LogP contribution in [-0.2, 0) is 10.1 Å². The third kappa shape index (κ3) is 3.52. The summed E-state index contributed by atoms with van der Waals surface area (Å²) in [5, 5.41) is 8.75. The highest BCUT2D eigenvalue weighted by Crippen LogP contribution is 2.23. The molecule has 82 valence electrons. The fraction of sp³-hybridized carbons (Fsp3) is 0.125. The molecule has 15 heavy (non-hydrogen) atoms. The van der Waals surface area contributed by atoms with Crippen molar-refractivity contribution in [2.45, 2.75) is 0 Å². The summed E-state index contributed by atoms with van der Waals surface area (Å²) >= 11 is 3.02. The van der Waals surface area contributed by atoms with E-state index in [4.69, 9.17) is 5.11 Å². The lowest BCUT2D eigenvalue weighted by atomic mass is 10.2. The molecule has 1 rings (SSSR count). The van der Waals surface area contributed by atoms with E-state index in [0.717, 1.165) is 12.3 Å². The Bertz CT molecular complexity index is 494. The monoisotopic (exact) mass is 294 g/mol. The Morgan fingerprint density at radius 1 is 1.47 bits per heavy atom. The molecule has 0 atom stereocenters. The van der Waals surface area contributed by atoms with Crippen molar-refractivity contribution in [3.05, 3.63) is 28.2 Å². The Morgan fingerprint density at radius 3 is 2.53 bits per heavy atom. The second kappa shape index (κ2) is 4.19. The number of rotatable bonds is 3. The Kier molecular flexibility index (Phi) is 3.35. The second-order valence-corrected chi connectivity index (χ2v) is 5.16. The molecular formula is C8H7BrO5S. The first kappa shape index (κ1) is 12.0. The van der Waals surface area contributed by atoms with Gasteiger partial charge in [0.25, 0.3) is 0 Å². The smallest absolute Gasteiger partial charge is 0.336 e. The van der Waals surface area contributed by atoms with Gasteiger partial charge in [-0.25, -0.2) is 4.79 Å². The molecule has 5 nitrogen and oxygen atoms in total. The van der Waals surface area contributed by atoms with E-state index < -0.39 is 16.1 Å². The van der Waals surface area contributed by atoms with E-state index >= 15 is 0 Å². The standard InChI is InChI=1S/C8H7BrO5S/c1-15(12,13)14-5-2-3-7(9)6(4-5)8(10)11/h2-4H,1H3,(H,10,11). The summed E-state index contributed by atoms with van der Waals surface area (Å²) in [6, 6.07) is 3.90. The van der Waals surface area contributed by atoms with Gasteiger partial charge in [-0.1, -0.05) is 0 Å². The maximum Gasteiger partial charge on any atom is 0.336 e. The molecule has 0 saturated carbocycles. The molecule has 1 N–H and O–H groups in total. The van der Waals surface area contributed by atoms with Gasteiger partial charge in [0, 0.05) is 4.47 Å².